The standard InChI is InChI=1S/C18H20O/c1-13-7-4-5-10-16(13)11-12-17(19)18-14(2)8-6-9-15(18)3/h4-10H,11-12H2,1-3H3. The topological polar surface area (TPSA) is 17.1 Å². The summed E-state index contributed by atoms with van der Waals surface area (Å²) in [5, 5.41) is 0. The van der Waals surface area contributed by atoms with E-state index < -0.39 is 0 Å². The van der Waals surface area contributed by atoms with E-state index in [0.717, 1.165) is 23.1 Å². The summed E-state index contributed by atoms with van der Waals surface area (Å²) in [6.07, 6.45) is 1.40. The number of rotatable bonds is 4. The molecule has 0 saturated heterocycles. The average Bonchev–Trinajstić information content (AvgIpc) is 2.37. The molecule has 1 heteroatoms. The first kappa shape index (κ1) is 13.5. The first-order chi connectivity index (χ1) is 9.09. The van der Waals surface area contributed by atoms with Crippen molar-refractivity contribution in [3.05, 3.63) is 70.3 Å². The van der Waals surface area contributed by atoms with Gasteiger partial charge in [-0.25, -0.2) is 0 Å². The summed E-state index contributed by atoms with van der Waals surface area (Å²) in [5.74, 6) is 0.249. The Morgan fingerprint density at radius 1 is 0.842 bits per heavy atom. The second-order valence-electron chi connectivity index (χ2n) is 5.12. The quantitative estimate of drug-likeness (QED) is 0.736. The summed E-state index contributed by atoms with van der Waals surface area (Å²) in [5.41, 5.74) is 5.58. The molecular weight excluding hydrogens is 232 g/mol. The van der Waals surface area contributed by atoms with E-state index in [-0.39, 0.29) is 5.78 Å². The maximum absolute atomic E-state index is 12.4. The molecule has 0 heterocycles. The summed E-state index contributed by atoms with van der Waals surface area (Å²) in [6, 6.07) is 14.3. The van der Waals surface area contributed by atoms with Gasteiger partial charge in [0.05, 0.1) is 0 Å². The predicted octanol–water partition coefficient (Wildman–Crippen LogP) is 4.43. The molecular formula is C18H20O. The van der Waals surface area contributed by atoms with Crippen molar-refractivity contribution < 1.29 is 4.79 Å². The summed E-state index contributed by atoms with van der Waals surface area (Å²) in [6.45, 7) is 6.11. The van der Waals surface area contributed by atoms with Crippen LogP contribution in [0.3, 0.4) is 0 Å². The van der Waals surface area contributed by atoms with Crippen molar-refractivity contribution in [3.63, 3.8) is 0 Å². The molecule has 0 aliphatic rings. The number of carbonyl (C=O) groups is 1. The Hall–Kier alpha value is -1.89. The third-order valence-electron chi connectivity index (χ3n) is 3.64. The molecule has 0 amide bonds. The van der Waals surface area contributed by atoms with Crippen molar-refractivity contribution in [2.24, 2.45) is 0 Å². The highest BCUT2D eigenvalue weighted by atomic mass is 16.1. The van der Waals surface area contributed by atoms with Gasteiger partial charge in [0.1, 0.15) is 0 Å². The highest BCUT2D eigenvalue weighted by Gasteiger charge is 2.12. The fraction of sp³-hybridized carbons (Fsp3) is 0.278. The van der Waals surface area contributed by atoms with E-state index in [0.29, 0.717) is 6.42 Å². The minimum atomic E-state index is 0.249. The second kappa shape index (κ2) is 5.83. The number of benzene rings is 2. The van der Waals surface area contributed by atoms with Crippen LogP contribution in [0, 0.1) is 20.8 Å². The van der Waals surface area contributed by atoms with Crippen LogP contribution in [-0.4, -0.2) is 5.78 Å². The maximum atomic E-state index is 12.4. The lowest BCUT2D eigenvalue weighted by Gasteiger charge is -2.09. The molecule has 2 rings (SSSR count). The Bertz CT molecular complexity index is 576. The molecule has 19 heavy (non-hydrogen) atoms. The molecule has 0 N–H and O–H groups in total. The lowest BCUT2D eigenvalue weighted by molar-refractivity contribution is 0.0981. The fourth-order valence-electron chi connectivity index (χ4n) is 2.52. The highest BCUT2D eigenvalue weighted by Crippen LogP contribution is 2.17. The van der Waals surface area contributed by atoms with Gasteiger partial charge in [0.2, 0.25) is 0 Å². The number of hydrogen-bond acceptors (Lipinski definition) is 1. The Morgan fingerprint density at radius 3 is 2.05 bits per heavy atom. The molecule has 0 aliphatic heterocycles. The minimum Gasteiger partial charge on any atom is -0.294 e. The van der Waals surface area contributed by atoms with Gasteiger partial charge < -0.3 is 0 Å². The van der Waals surface area contributed by atoms with E-state index in [4.69, 9.17) is 0 Å². The van der Waals surface area contributed by atoms with Gasteiger partial charge in [0.25, 0.3) is 0 Å². The van der Waals surface area contributed by atoms with E-state index in [1.54, 1.807) is 0 Å². The maximum Gasteiger partial charge on any atom is 0.163 e. The molecule has 2 aromatic rings. The van der Waals surface area contributed by atoms with Crippen molar-refractivity contribution in [2.75, 3.05) is 0 Å². The van der Waals surface area contributed by atoms with Crippen LogP contribution in [0.25, 0.3) is 0 Å². The molecule has 1 nitrogen and oxygen atoms in total. The second-order valence-corrected chi connectivity index (χ2v) is 5.12. The Kier molecular flexibility index (Phi) is 4.16. The SMILES string of the molecule is Cc1ccccc1CCC(=O)c1c(C)cccc1C. The van der Waals surface area contributed by atoms with Crippen molar-refractivity contribution in [1.82, 2.24) is 0 Å². The molecule has 0 aliphatic carbocycles. The number of Topliss-reactive ketones (excluding diaryl/α,β-unsaturated/α-hetero) is 1. The van der Waals surface area contributed by atoms with Gasteiger partial charge in [0, 0.05) is 12.0 Å². The minimum absolute atomic E-state index is 0.249. The summed E-state index contributed by atoms with van der Waals surface area (Å²) < 4.78 is 0. The number of aryl methyl sites for hydroxylation is 4. The third kappa shape index (κ3) is 3.11. The van der Waals surface area contributed by atoms with Gasteiger partial charge in [-0.05, 0) is 49.4 Å². The van der Waals surface area contributed by atoms with Crippen LogP contribution >= 0.6 is 0 Å². The molecule has 0 radical (unpaired) electrons. The Labute approximate surface area is 115 Å². The smallest absolute Gasteiger partial charge is 0.163 e. The molecule has 0 aromatic heterocycles. The van der Waals surface area contributed by atoms with Crippen LogP contribution < -0.4 is 0 Å². The Morgan fingerprint density at radius 2 is 1.42 bits per heavy atom. The molecule has 0 fully saturated rings. The van der Waals surface area contributed by atoms with Crippen LogP contribution in [0.4, 0.5) is 0 Å². The largest absolute Gasteiger partial charge is 0.294 e. The van der Waals surface area contributed by atoms with Crippen molar-refractivity contribution in [1.29, 1.82) is 0 Å². The van der Waals surface area contributed by atoms with E-state index >= 15 is 0 Å². The zero-order chi connectivity index (χ0) is 13.8. The van der Waals surface area contributed by atoms with Crippen molar-refractivity contribution in [2.45, 2.75) is 33.6 Å². The monoisotopic (exact) mass is 252 g/mol. The molecule has 0 unspecified atom stereocenters. The number of hydrogen-bond donors (Lipinski definition) is 0. The third-order valence-corrected chi connectivity index (χ3v) is 3.64. The first-order valence-corrected chi connectivity index (χ1v) is 6.73. The summed E-state index contributed by atoms with van der Waals surface area (Å²) in [7, 11) is 0. The van der Waals surface area contributed by atoms with Crippen LogP contribution in [0.5, 0.6) is 0 Å². The molecule has 0 bridgehead atoms. The van der Waals surface area contributed by atoms with Crippen LogP contribution in [0.2, 0.25) is 0 Å². The lowest BCUT2D eigenvalue weighted by Crippen LogP contribution is -2.06. The molecule has 0 spiro atoms. The normalized spacial score (nSPS) is 10.5. The van der Waals surface area contributed by atoms with E-state index in [1.165, 1.54) is 11.1 Å². The highest BCUT2D eigenvalue weighted by molar-refractivity contribution is 5.98. The number of ketones is 1. The van der Waals surface area contributed by atoms with Gasteiger partial charge in [-0.1, -0.05) is 42.5 Å². The van der Waals surface area contributed by atoms with E-state index in [1.807, 2.05) is 44.2 Å². The summed E-state index contributed by atoms with van der Waals surface area (Å²) in [4.78, 5) is 12.4. The average molecular weight is 252 g/mol. The molecule has 0 atom stereocenters. The van der Waals surface area contributed by atoms with Crippen LogP contribution in [0.15, 0.2) is 42.5 Å². The van der Waals surface area contributed by atoms with Crippen LogP contribution in [0.1, 0.15) is 39.0 Å². The van der Waals surface area contributed by atoms with Gasteiger partial charge in [-0.3, -0.25) is 4.79 Å². The fourth-order valence-corrected chi connectivity index (χ4v) is 2.52. The number of carbonyl (C=O) groups excluding carboxylic acids is 1. The van der Waals surface area contributed by atoms with Gasteiger partial charge in [0.15, 0.2) is 5.78 Å². The van der Waals surface area contributed by atoms with Crippen LogP contribution in [-0.2, 0) is 6.42 Å². The van der Waals surface area contributed by atoms with Crippen molar-refractivity contribution in [3.8, 4) is 0 Å². The van der Waals surface area contributed by atoms with E-state index in [9.17, 15) is 4.79 Å². The molecule has 98 valence electrons. The predicted molar refractivity (Wildman–Crippen MR) is 79.7 cm³/mol. The first-order valence-electron chi connectivity index (χ1n) is 6.73. The van der Waals surface area contributed by atoms with E-state index in [2.05, 4.69) is 19.1 Å². The summed E-state index contributed by atoms with van der Waals surface area (Å²) >= 11 is 0. The van der Waals surface area contributed by atoms with Gasteiger partial charge in [-0.2, -0.15) is 0 Å². The zero-order valence-electron chi connectivity index (χ0n) is 11.9. The van der Waals surface area contributed by atoms with Gasteiger partial charge in [-0.15, -0.1) is 0 Å². The van der Waals surface area contributed by atoms with Crippen molar-refractivity contribution >= 4 is 5.78 Å². The molecule has 0 saturated carbocycles. The zero-order valence-corrected chi connectivity index (χ0v) is 11.9. The molecule has 2 aromatic carbocycles. The van der Waals surface area contributed by atoms with Gasteiger partial charge >= 0.3 is 0 Å². The lowest BCUT2D eigenvalue weighted by atomic mass is 9.94. The Balaban J connectivity index is 2.13.